The summed E-state index contributed by atoms with van der Waals surface area (Å²) in [7, 11) is 0. The summed E-state index contributed by atoms with van der Waals surface area (Å²) in [5.74, 6) is -0.0756. The van der Waals surface area contributed by atoms with Crippen molar-refractivity contribution in [3.05, 3.63) is 42.1 Å². The molecule has 0 bridgehead atoms. The standard InChI is InChI=1S/C12H12N2O/c1-9-3-5-11(6-4-9)12-7-8-14(13-12)10(2)15/h3-8H,1-2H3. The molecule has 0 radical (unpaired) electrons. The highest BCUT2D eigenvalue weighted by Crippen LogP contribution is 2.16. The molecule has 1 heterocycles. The quantitative estimate of drug-likeness (QED) is 0.709. The van der Waals surface area contributed by atoms with Crippen LogP contribution in [0.2, 0.25) is 0 Å². The molecule has 0 saturated heterocycles. The summed E-state index contributed by atoms with van der Waals surface area (Å²) in [5.41, 5.74) is 3.07. The van der Waals surface area contributed by atoms with Crippen LogP contribution in [-0.4, -0.2) is 15.7 Å². The number of carbonyl (C=O) groups excluding carboxylic acids is 1. The minimum Gasteiger partial charge on any atom is -0.273 e. The van der Waals surface area contributed by atoms with Crippen LogP contribution in [0.25, 0.3) is 11.3 Å². The van der Waals surface area contributed by atoms with Gasteiger partial charge in [0.1, 0.15) is 0 Å². The largest absolute Gasteiger partial charge is 0.273 e. The summed E-state index contributed by atoms with van der Waals surface area (Å²) < 4.78 is 1.34. The van der Waals surface area contributed by atoms with Crippen LogP contribution in [0.3, 0.4) is 0 Å². The van der Waals surface area contributed by atoms with Gasteiger partial charge in [-0.05, 0) is 13.0 Å². The van der Waals surface area contributed by atoms with E-state index in [4.69, 9.17) is 0 Å². The number of benzene rings is 1. The molecule has 2 rings (SSSR count). The molecule has 0 spiro atoms. The Bertz CT molecular complexity index is 483. The Hall–Kier alpha value is -1.90. The topological polar surface area (TPSA) is 34.9 Å². The third-order valence-electron chi connectivity index (χ3n) is 2.26. The fourth-order valence-corrected chi connectivity index (χ4v) is 1.38. The molecule has 1 aromatic carbocycles. The van der Waals surface area contributed by atoms with Crippen LogP contribution in [0.5, 0.6) is 0 Å². The highest BCUT2D eigenvalue weighted by atomic mass is 16.2. The molecule has 3 heteroatoms. The molecule has 0 aliphatic heterocycles. The van der Waals surface area contributed by atoms with Crippen molar-refractivity contribution in [2.75, 3.05) is 0 Å². The Balaban J connectivity index is 2.37. The van der Waals surface area contributed by atoms with Crippen LogP contribution in [0.4, 0.5) is 0 Å². The van der Waals surface area contributed by atoms with E-state index in [0.29, 0.717) is 0 Å². The summed E-state index contributed by atoms with van der Waals surface area (Å²) in [6.45, 7) is 3.53. The first-order valence-electron chi connectivity index (χ1n) is 4.80. The number of carbonyl (C=O) groups is 1. The van der Waals surface area contributed by atoms with E-state index in [1.807, 2.05) is 37.3 Å². The molecule has 0 fully saturated rings. The number of aromatic nitrogens is 2. The maximum atomic E-state index is 11.0. The summed E-state index contributed by atoms with van der Waals surface area (Å²) in [4.78, 5) is 11.0. The molecule has 0 aliphatic carbocycles. The molecular weight excluding hydrogens is 188 g/mol. The van der Waals surface area contributed by atoms with Gasteiger partial charge in [0.25, 0.3) is 0 Å². The zero-order valence-corrected chi connectivity index (χ0v) is 8.77. The number of aryl methyl sites for hydroxylation is 1. The Morgan fingerprint density at radius 2 is 1.87 bits per heavy atom. The molecule has 1 aromatic heterocycles. The smallest absolute Gasteiger partial charge is 0.243 e. The molecule has 0 saturated carbocycles. The summed E-state index contributed by atoms with van der Waals surface area (Å²) in [6, 6.07) is 9.90. The number of hydrogen-bond acceptors (Lipinski definition) is 2. The van der Waals surface area contributed by atoms with Gasteiger partial charge in [-0.3, -0.25) is 4.79 Å². The van der Waals surface area contributed by atoms with Gasteiger partial charge in [0.15, 0.2) is 0 Å². The normalized spacial score (nSPS) is 10.3. The second kappa shape index (κ2) is 3.69. The first kappa shape index (κ1) is 9.65. The van der Waals surface area contributed by atoms with Gasteiger partial charge in [-0.2, -0.15) is 5.10 Å². The van der Waals surface area contributed by atoms with E-state index < -0.39 is 0 Å². The van der Waals surface area contributed by atoms with Gasteiger partial charge in [-0.15, -0.1) is 0 Å². The van der Waals surface area contributed by atoms with Crippen molar-refractivity contribution in [3.63, 3.8) is 0 Å². The third-order valence-corrected chi connectivity index (χ3v) is 2.26. The minimum absolute atomic E-state index is 0.0756. The van der Waals surface area contributed by atoms with Crippen LogP contribution < -0.4 is 0 Å². The first-order valence-corrected chi connectivity index (χ1v) is 4.80. The molecule has 0 unspecified atom stereocenters. The first-order chi connectivity index (χ1) is 7.16. The zero-order valence-electron chi connectivity index (χ0n) is 8.77. The van der Waals surface area contributed by atoms with Gasteiger partial charge in [0.2, 0.25) is 5.91 Å². The molecule has 2 aromatic rings. The minimum atomic E-state index is -0.0756. The molecule has 0 atom stereocenters. The van der Waals surface area contributed by atoms with Crippen LogP contribution >= 0.6 is 0 Å². The van der Waals surface area contributed by atoms with Crippen LogP contribution in [0.1, 0.15) is 17.3 Å². The van der Waals surface area contributed by atoms with Gasteiger partial charge in [0.05, 0.1) is 5.69 Å². The third kappa shape index (κ3) is 1.96. The zero-order chi connectivity index (χ0) is 10.8. The highest BCUT2D eigenvalue weighted by molar-refractivity contribution is 5.76. The lowest BCUT2D eigenvalue weighted by Crippen LogP contribution is -2.05. The summed E-state index contributed by atoms with van der Waals surface area (Å²) >= 11 is 0. The van der Waals surface area contributed by atoms with E-state index in [9.17, 15) is 4.79 Å². The fraction of sp³-hybridized carbons (Fsp3) is 0.167. The van der Waals surface area contributed by atoms with Crippen molar-refractivity contribution in [3.8, 4) is 11.3 Å². The van der Waals surface area contributed by atoms with Gasteiger partial charge in [-0.1, -0.05) is 29.8 Å². The predicted molar refractivity (Wildman–Crippen MR) is 58.7 cm³/mol. The van der Waals surface area contributed by atoms with E-state index in [0.717, 1.165) is 11.3 Å². The number of nitrogens with zero attached hydrogens (tertiary/aromatic N) is 2. The van der Waals surface area contributed by atoms with E-state index in [1.165, 1.54) is 17.2 Å². The predicted octanol–water partition coefficient (Wildman–Crippen LogP) is 2.52. The average Bonchev–Trinajstić information content (AvgIpc) is 2.68. The lowest BCUT2D eigenvalue weighted by Gasteiger charge is -1.97. The summed E-state index contributed by atoms with van der Waals surface area (Å²) in [5, 5.41) is 4.18. The summed E-state index contributed by atoms with van der Waals surface area (Å²) in [6.07, 6.45) is 1.68. The van der Waals surface area contributed by atoms with Crippen molar-refractivity contribution in [2.24, 2.45) is 0 Å². The van der Waals surface area contributed by atoms with Crippen molar-refractivity contribution in [1.82, 2.24) is 9.78 Å². The van der Waals surface area contributed by atoms with Gasteiger partial charge in [-0.25, -0.2) is 4.68 Å². The molecule has 0 aliphatic rings. The van der Waals surface area contributed by atoms with Gasteiger partial charge in [0, 0.05) is 18.7 Å². The van der Waals surface area contributed by atoms with E-state index in [-0.39, 0.29) is 5.91 Å². The number of rotatable bonds is 1. The highest BCUT2D eigenvalue weighted by Gasteiger charge is 2.03. The monoisotopic (exact) mass is 200 g/mol. The van der Waals surface area contributed by atoms with Crippen molar-refractivity contribution in [1.29, 1.82) is 0 Å². The fourth-order valence-electron chi connectivity index (χ4n) is 1.38. The lowest BCUT2D eigenvalue weighted by molar-refractivity contribution is 0.0921. The average molecular weight is 200 g/mol. The Morgan fingerprint density at radius 3 is 2.40 bits per heavy atom. The van der Waals surface area contributed by atoms with Crippen LogP contribution in [-0.2, 0) is 0 Å². The van der Waals surface area contributed by atoms with Crippen LogP contribution in [0, 0.1) is 6.92 Å². The number of hydrogen-bond donors (Lipinski definition) is 0. The second-order valence-corrected chi connectivity index (χ2v) is 3.53. The van der Waals surface area contributed by atoms with Crippen LogP contribution in [0.15, 0.2) is 36.5 Å². The Labute approximate surface area is 88.4 Å². The molecule has 0 amide bonds. The van der Waals surface area contributed by atoms with Gasteiger partial charge < -0.3 is 0 Å². The van der Waals surface area contributed by atoms with E-state index >= 15 is 0 Å². The molecule has 0 N–H and O–H groups in total. The molecule has 76 valence electrons. The Kier molecular flexibility index (Phi) is 2.37. The maximum absolute atomic E-state index is 11.0. The molecule has 15 heavy (non-hydrogen) atoms. The molecular formula is C12H12N2O. The van der Waals surface area contributed by atoms with Crippen molar-refractivity contribution in [2.45, 2.75) is 13.8 Å². The lowest BCUT2D eigenvalue weighted by atomic mass is 10.1. The second-order valence-electron chi connectivity index (χ2n) is 3.53. The van der Waals surface area contributed by atoms with Gasteiger partial charge >= 0.3 is 0 Å². The van der Waals surface area contributed by atoms with E-state index in [2.05, 4.69) is 5.10 Å². The van der Waals surface area contributed by atoms with Crippen molar-refractivity contribution < 1.29 is 4.79 Å². The van der Waals surface area contributed by atoms with Crippen molar-refractivity contribution >= 4 is 5.91 Å². The molecule has 3 nitrogen and oxygen atoms in total. The maximum Gasteiger partial charge on any atom is 0.243 e. The Morgan fingerprint density at radius 1 is 1.20 bits per heavy atom. The van der Waals surface area contributed by atoms with E-state index in [1.54, 1.807) is 6.20 Å². The SMILES string of the molecule is CC(=O)n1ccc(-c2ccc(C)cc2)n1.